The molecule has 1 aliphatic heterocycles. The van der Waals surface area contributed by atoms with Crippen LogP contribution in [-0.4, -0.2) is 17.4 Å². The zero-order chi connectivity index (χ0) is 13.4. The molecule has 0 saturated carbocycles. The number of fused-ring (bicyclic) bond motifs is 1. The molecule has 0 fully saturated rings. The van der Waals surface area contributed by atoms with Gasteiger partial charge >= 0.3 is 0 Å². The summed E-state index contributed by atoms with van der Waals surface area (Å²) in [6.45, 7) is 1.22. The van der Waals surface area contributed by atoms with Gasteiger partial charge < -0.3 is 4.90 Å². The summed E-state index contributed by atoms with van der Waals surface area (Å²) in [5.74, 6) is -0.708. The monoisotopic (exact) mass is 339 g/mol. The number of amides is 1. The van der Waals surface area contributed by atoms with Gasteiger partial charge in [0.15, 0.2) is 0 Å². The molecular weight excluding hydrogens is 329 g/mol. The summed E-state index contributed by atoms with van der Waals surface area (Å²) < 4.78 is 14.5. The minimum Gasteiger partial charge on any atom is -0.334 e. The second-order valence-corrected chi connectivity index (χ2v) is 6.39. The molecule has 0 bridgehead atoms. The van der Waals surface area contributed by atoms with Crippen LogP contribution in [0, 0.1) is 5.82 Å². The van der Waals surface area contributed by atoms with Crippen LogP contribution in [0.1, 0.15) is 20.8 Å². The summed E-state index contributed by atoms with van der Waals surface area (Å²) in [7, 11) is 0. The predicted octanol–water partition coefficient (Wildman–Crippen LogP) is 3.85. The fourth-order valence-electron chi connectivity index (χ4n) is 2.25. The van der Waals surface area contributed by atoms with Crippen molar-refractivity contribution in [3.05, 3.63) is 55.9 Å². The highest BCUT2D eigenvalue weighted by Gasteiger charge is 2.24. The molecule has 1 aliphatic rings. The third-order valence-corrected chi connectivity index (χ3v) is 4.77. The van der Waals surface area contributed by atoms with E-state index in [-0.39, 0.29) is 11.5 Å². The molecule has 0 atom stereocenters. The molecule has 1 aromatic carbocycles. The highest BCUT2D eigenvalue weighted by atomic mass is 79.9. The van der Waals surface area contributed by atoms with E-state index in [0.29, 0.717) is 17.6 Å². The van der Waals surface area contributed by atoms with Gasteiger partial charge in [-0.3, -0.25) is 4.79 Å². The summed E-state index contributed by atoms with van der Waals surface area (Å²) in [5, 5.41) is 2.04. The Morgan fingerprint density at radius 3 is 3.05 bits per heavy atom. The molecule has 1 aromatic heterocycles. The van der Waals surface area contributed by atoms with Crippen molar-refractivity contribution in [2.24, 2.45) is 0 Å². The molecule has 2 heterocycles. The molecule has 0 N–H and O–H groups in total. The van der Waals surface area contributed by atoms with E-state index in [0.717, 1.165) is 6.42 Å². The van der Waals surface area contributed by atoms with E-state index in [1.54, 1.807) is 28.4 Å². The van der Waals surface area contributed by atoms with Crippen LogP contribution in [0.5, 0.6) is 0 Å². The zero-order valence-corrected chi connectivity index (χ0v) is 12.4. The first-order chi connectivity index (χ1) is 9.15. The van der Waals surface area contributed by atoms with Crippen molar-refractivity contribution in [1.82, 2.24) is 4.90 Å². The highest BCUT2D eigenvalue weighted by molar-refractivity contribution is 9.10. The Kier molecular flexibility index (Phi) is 3.41. The average Bonchev–Trinajstić information content (AvgIpc) is 2.88. The largest absolute Gasteiger partial charge is 0.334 e. The second kappa shape index (κ2) is 5.06. The lowest BCUT2D eigenvalue weighted by Crippen LogP contribution is -2.35. The van der Waals surface area contributed by atoms with Crippen LogP contribution in [0.25, 0.3) is 0 Å². The molecule has 98 valence electrons. The van der Waals surface area contributed by atoms with Gasteiger partial charge in [0.25, 0.3) is 5.91 Å². The normalized spacial score (nSPS) is 14.3. The molecule has 0 saturated heterocycles. The van der Waals surface area contributed by atoms with E-state index in [4.69, 9.17) is 0 Å². The number of hydrogen-bond acceptors (Lipinski definition) is 2. The average molecular weight is 340 g/mol. The van der Waals surface area contributed by atoms with E-state index in [1.807, 2.05) is 11.4 Å². The molecule has 2 aromatic rings. The number of rotatable bonds is 1. The van der Waals surface area contributed by atoms with Crippen molar-refractivity contribution in [2.75, 3.05) is 6.54 Å². The Balaban J connectivity index is 1.87. The molecule has 0 spiro atoms. The zero-order valence-electron chi connectivity index (χ0n) is 10.0. The smallest absolute Gasteiger partial charge is 0.257 e. The molecule has 0 radical (unpaired) electrons. The van der Waals surface area contributed by atoms with Crippen molar-refractivity contribution in [1.29, 1.82) is 0 Å². The Bertz CT molecular complexity index is 640. The van der Waals surface area contributed by atoms with Crippen LogP contribution in [0.4, 0.5) is 4.39 Å². The maximum atomic E-state index is 13.7. The molecular formula is C14H11BrFNOS. The first-order valence-electron chi connectivity index (χ1n) is 5.95. The van der Waals surface area contributed by atoms with Gasteiger partial charge in [0.1, 0.15) is 5.82 Å². The highest BCUT2D eigenvalue weighted by Crippen LogP contribution is 2.26. The fourth-order valence-corrected chi connectivity index (χ4v) is 3.50. The van der Waals surface area contributed by atoms with Gasteiger partial charge in [0.2, 0.25) is 0 Å². The van der Waals surface area contributed by atoms with Gasteiger partial charge in [-0.25, -0.2) is 4.39 Å². The van der Waals surface area contributed by atoms with Crippen LogP contribution in [-0.2, 0) is 13.0 Å². The minimum atomic E-state index is -0.468. The molecule has 19 heavy (non-hydrogen) atoms. The van der Waals surface area contributed by atoms with Gasteiger partial charge in [-0.1, -0.05) is 15.9 Å². The number of carbonyl (C=O) groups is 1. The number of halogens is 2. The van der Waals surface area contributed by atoms with Gasteiger partial charge in [0.05, 0.1) is 5.56 Å². The topological polar surface area (TPSA) is 20.3 Å². The van der Waals surface area contributed by atoms with E-state index < -0.39 is 5.82 Å². The van der Waals surface area contributed by atoms with Crippen LogP contribution in [0.3, 0.4) is 0 Å². The molecule has 0 unspecified atom stereocenters. The number of thiophene rings is 1. The van der Waals surface area contributed by atoms with E-state index in [2.05, 4.69) is 15.9 Å². The molecule has 3 rings (SSSR count). The summed E-state index contributed by atoms with van der Waals surface area (Å²) in [6, 6.07) is 6.49. The number of hydrogen-bond donors (Lipinski definition) is 0. The Morgan fingerprint density at radius 1 is 1.37 bits per heavy atom. The van der Waals surface area contributed by atoms with Crippen molar-refractivity contribution >= 4 is 33.2 Å². The summed E-state index contributed by atoms with van der Waals surface area (Å²) >= 11 is 4.99. The Labute approximate surface area is 123 Å². The van der Waals surface area contributed by atoms with Crippen LogP contribution >= 0.6 is 27.3 Å². The maximum Gasteiger partial charge on any atom is 0.257 e. The number of carbonyl (C=O) groups excluding carboxylic acids is 1. The molecule has 2 nitrogen and oxygen atoms in total. The van der Waals surface area contributed by atoms with E-state index in [9.17, 15) is 9.18 Å². The third-order valence-electron chi connectivity index (χ3n) is 3.25. The van der Waals surface area contributed by atoms with Crippen LogP contribution < -0.4 is 0 Å². The molecule has 1 amide bonds. The van der Waals surface area contributed by atoms with Gasteiger partial charge in [-0.15, -0.1) is 11.3 Å². The first kappa shape index (κ1) is 12.8. The van der Waals surface area contributed by atoms with Gasteiger partial charge in [0, 0.05) is 22.4 Å². The number of benzene rings is 1. The molecule has 5 heteroatoms. The first-order valence-corrected chi connectivity index (χ1v) is 7.62. The lowest BCUT2D eigenvalue weighted by atomic mass is 10.1. The second-order valence-electron chi connectivity index (χ2n) is 4.47. The van der Waals surface area contributed by atoms with E-state index >= 15 is 0 Å². The standard InChI is InChI=1S/C14H11BrFNOS/c15-10-1-2-12(16)11(7-10)14(18)17-5-3-13-9(8-17)4-6-19-13/h1-2,4,6-7H,3,5,8H2. The van der Waals surface area contributed by atoms with E-state index in [1.165, 1.54) is 16.5 Å². The quantitative estimate of drug-likeness (QED) is 0.772. The van der Waals surface area contributed by atoms with Gasteiger partial charge in [-0.05, 0) is 41.6 Å². The summed E-state index contributed by atoms with van der Waals surface area (Å²) in [5.41, 5.74) is 1.31. The summed E-state index contributed by atoms with van der Waals surface area (Å²) in [4.78, 5) is 15.4. The lowest BCUT2D eigenvalue weighted by Gasteiger charge is -2.27. The van der Waals surface area contributed by atoms with Crippen LogP contribution in [0.2, 0.25) is 0 Å². The maximum absolute atomic E-state index is 13.7. The fraction of sp³-hybridized carbons (Fsp3) is 0.214. The van der Waals surface area contributed by atoms with Crippen molar-refractivity contribution in [2.45, 2.75) is 13.0 Å². The Morgan fingerprint density at radius 2 is 2.21 bits per heavy atom. The number of nitrogens with zero attached hydrogens (tertiary/aromatic N) is 1. The third kappa shape index (κ3) is 2.44. The predicted molar refractivity (Wildman–Crippen MR) is 76.9 cm³/mol. The van der Waals surface area contributed by atoms with Crippen molar-refractivity contribution in [3.8, 4) is 0 Å². The van der Waals surface area contributed by atoms with Crippen LogP contribution in [0.15, 0.2) is 34.1 Å². The van der Waals surface area contributed by atoms with Crippen molar-refractivity contribution in [3.63, 3.8) is 0 Å². The van der Waals surface area contributed by atoms with Gasteiger partial charge in [-0.2, -0.15) is 0 Å². The lowest BCUT2D eigenvalue weighted by molar-refractivity contribution is 0.0731. The minimum absolute atomic E-state index is 0.132. The Hall–Kier alpha value is -1.20. The van der Waals surface area contributed by atoms with Crippen molar-refractivity contribution < 1.29 is 9.18 Å². The summed E-state index contributed by atoms with van der Waals surface area (Å²) in [6.07, 6.45) is 0.856. The SMILES string of the molecule is O=C(c1cc(Br)ccc1F)N1CCc2sccc2C1. The molecule has 0 aliphatic carbocycles.